The minimum absolute atomic E-state index is 0.317. The Morgan fingerprint density at radius 3 is 2.53 bits per heavy atom. The van der Waals surface area contributed by atoms with E-state index in [1.807, 2.05) is 30.5 Å². The number of nitrogens with zero attached hydrogens (tertiary/aromatic N) is 4. The second-order valence-electron chi connectivity index (χ2n) is 6.14. The van der Waals surface area contributed by atoms with Crippen molar-refractivity contribution in [1.82, 2.24) is 19.7 Å². The summed E-state index contributed by atoms with van der Waals surface area (Å²) in [4.78, 5) is 17.3. The van der Waals surface area contributed by atoms with Crippen molar-refractivity contribution in [3.05, 3.63) is 79.4 Å². The van der Waals surface area contributed by atoms with Crippen LogP contribution in [0.5, 0.6) is 11.6 Å². The molecule has 0 aliphatic rings. The molecule has 0 aliphatic carbocycles. The molecular weight excluding hydrogens is 400 g/mol. The molecule has 2 aromatic heterocycles. The number of carbonyl (C=O) groups is 1. The summed E-state index contributed by atoms with van der Waals surface area (Å²) in [7, 11) is 0. The molecule has 2 N–H and O–H groups in total. The minimum Gasteiger partial charge on any atom is -0.438 e. The molecule has 0 saturated carbocycles. The summed E-state index contributed by atoms with van der Waals surface area (Å²) in [5.74, 6) is 1.60. The van der Waals surface area contributed by atoms with Gasteiger partial charge in [0.25, 0.3) is 0 Å². The van der Waals surface area contributed by atoms with Gasteiger partial charge in [-0.05, 0) is 54.8 Å². The van der Waals surface area contributed by atoms with E-state index in [1.54, 1.807) is 71.4 Å². The van der Waals surface area contributed by atoms with Gasteiger partial charge in [-0.3, -0.25) is 4.57 Å². The minimum atomic E-state index is -0.317. The lowest BCUT2D eigenvalue weighted by Crippen LogP contribution is -2.19. The van der Waals surface area contributed by atoms with E-state index in [1.165, 1.54) is 0 Å². The molecule has 30 heavy (non-hydrogen) atoms. The number of carbonyl (C=O) groups excluding carboxylic acids is 1. The lowest BCUT2D eigenvalue weighted by atomic mass is 10.3. The third-order valence-corrected chi connectivity index (χ3v) is 4.78. The molecular formula is C21H18N6O2S. The van der Waals surface area contributed by atoms with Gasteiger partial charge in [0.1, 0.15) is 12.1 Å². The first kappa shape index (κ1) is 19.5. The molecule has 0 atom stereocenters. The fourth-order valence-corrected chi connectivity index (χ4v) is 3.08. The van der Waals surface area contributed by atoms with Crippen LogP contribution in [-0.2, 0) is 0 Å². The Bertz CT molecular complexity index is 1120. The number of rotatable bonds is 6. The zero-order valence-corrected chi connectivity index (χ0v) is 16.8. The van der Waals surface area contributed by atoms with E-state index in [0.717, 1.165) is 10.6 Å². The van der Waals surface area contributed by atoms with Crippen LogP contribution in [0.1, 0.15) is 0 Å². The number of imidazole rings is 1. The summed E-state index contributed by atoms with van der Waals surface area (Å²) < 4.78 is 7.45. The van der Waals surface area contributed by atoms with Crippen LogP contribution in [0.25, 0.3) is 5.82 Å². The lowest BCUT2D eigenvalue weighted by Gasteiger charge is -2.09. The van der Waals surface area contributed by atoms with Crippen molar-refractivity contribution in [3.8, 4) is 17.4 Å². The van der Waals surface area contributed by atoms with Crippen molar-refractivity contribution in [1.29, 1.82) is 0 Å². The Morgan fingerprint density at radius 1 is 1.00 bits per heavy atom. The molecule has 9 heteroatoms. The topological polar surface area (TPSA) is 94.0 Å². The first-order valence-corrected chi connectivity index (χ1v) is 10.2. The zero-order valence-electron chi connectivity index (χ0n) is 16.0. The number of thioether (sulfide) groups is 1. The second-order valence-corrected chi connectivity index (χ2v) is 7.02. The first-order valence-electron chi connectivity index (χ1n) is 9.02. The quantitative estimate of drug-likeness (QED) is 0.436. The molecule has 0 aliphatic heterocycles. The van der Waals surface area contributed by atoms with Crippen LogP contribution in [-0.4, -0.2) is 32.0 Å². The summed E-state index contributed by atoms with van der Waals surface area (Å²) in [6.45, 7) is 0. The number of anilines is 2. The molecule has 0 fully saturated rings. The Hall–Kier alpha value is -3.85. The molecule has 0 saturated heterocycles. The number of benzene rings is 2. The third-order valence-electron chi connectivity index (χ3n) is 4.06. The fraction of sp³-hybridized carbons (Fsp3) is 0.0476. The zero-order chi connectivity index (χ0) is 20.8. The van der Waals surface area contributed by atoms with Crippen LogP contribution in [0.2, 0.25) is 0 Å². The highest BCUT2D eigenvalue weighted by atomic mass is 32.2. The van der Waals surface area contributed by atoms with Gasteiger partial charge in [0.2, 0.25) is 5.88 Å². The van der Waals surface area contributed by atoms with Crippen molar-refractivity contribution in [2.24, 2.45) is 0 Å². The summed E-state index contributed by atoms with van der Waals surface area (Å²) in [6, 6.07) is 17.8. The highest BCUT2D eigenvalue weighted by Gasteiger charge is 2.05. The summed E-state index contributed by atoms with van der Waals surface area (Å²) in [6.07, 6.45) is 7.09. The van der Waals surface area contributed by atoms with E-state index in [9.17, 15) is 4.79 Å². The van der Waals surface area contributed by atoms with E-state index >= 15 is 0 Å². The maximum atomic E-state index is 12.2. The monoisotopic (exact) mass is 418 g/mol. The van der Waals surface area contributed by atoms with E-state index in [-0.39, 0.29) is 6.03 Å². The smallest absolute Gasteiger partial charge is 0.323 e. The molecule has 2 amide bonds. The van der Waals surface area contributed by atoms with Crippen molar-refractivity contribution in [3.63, 3.8) is 0 Å². The Balaban J connectivity index is 1.34. The number of amides is 2. The summed E-state index contributed by atoms with van der Waals surface area (Å²) >= 11 is 1.62. The van der Waals surface area contributed by atoms with Gasteiger partial charge in [-0.2, -0.15) is 0 Å². The molecule has 2 aromatic carbocycles. The van der Waals surface area contributed by atoms with Crippen LogP contribution < -0.4 is 15.4 Å². The maximum absolute atomic E-state index is 12.2. The molecule has 150 valence electrons. The maximum Gasteiger partial charge on any atom is 0.323 e. The number of hydrogen-bond acceptors (Lipinski definition) is 6. The van der Waals surface area contributed by atoms with Gasteiger partial charge in [-0.25, -0.2) is 9.78 Å². The lowest BCUT2D eigenvalue weighted by molar-refractivity contribution is 0.262. The second kappa shape index (κ2) is 9.10. The highest BCUT2D eigenvalue weighted by molar-refractivity contribution is 7.98. The number of hydrogen-bond donors (Lipinski definition) is 2. The van der Waals surface area contributed by atoms with Crippen LogP contribution in [0.4, 0.5) is 16.2 Å². The van der Waals surface area contributed by atoms with E-state index in [2.05, 4.69) is 25.8 Å². The molecule has 4 aromatic rings. The van der Waals surface area contributed by atoms with Crippen LogP contribution >= 0.6 is 11.8 Å². The van der Waals surface area contributed by atoms with E-state index in [4.69, 9.17) is 4.74 Å². The number of aromatic nitrogens is 4. The van der Waals surface area contributed by atoms with Crippen LogP contribution in [0, 0.1) is 0 Å². The number of nitrogens with one attached hydrogen (secondary N) is 2. The number of ether oxygens (including phenoxy) is 1. The van der Waals surface area contributed by atoms with Crippen molar-refractivity contribution in [2.75, 3.05) is 16.9 Å². The molecule has 0 unspecified atom stereocenters. The predicted molar refractivity (Wildman–Crippen MR) is 117 cm³/mol. The normalized spacial score (nSPS) is 10.4. The van der Waals surface area contributed by atoms with Crippen LogP contribution in [0.3, 0.4) is 0 Å². The highest BCUT2D eigenvalue weighted by Crippen LogP contribution is 2.22. The third kappa shape index (κ3) is 4.95. The summed E-state index contributed by atoms with van der Waals surface area (Å²) in [5.41, 5.74) is 1.37. The standard InChI is InChI=1S/C21H18N6O2S/c1-30-18-4-2-3-16(13-18)24-21(28)23-15-5-7-17(8-6-15)29-20-10-9-19(25-26-20)27-12-11-22-14-27/h2-14H,1H3,(H2,23,24,28). The SMILES string of the molecule is CSc1cccc(NC(=O)Nc2ccc(Oc3ccc(-n4ccnc4)nn3)cc2)c1. The molecule has 4 rings (SSSR count). The Labute approximate surface area is 177 Å². The van der Waals surface area contributed by atoms with Gasteiger partial charge in [0.05, 0.1) is 0 Å². The predicted octanol–water partition coefficient (Wildman–Crippen LogP) is 4.82. The summed E-state index contributed by atoms with van der Waals surface area (Å²) in [5, 5.41) is 13.8. The van der Waals surface area contributed by atoms with Gasteiger partial charge in [-0.1, -0.05) is 6.07 Å². The largest absolute Gasteiger partial charge is 0.438 e. The van der Waals surface area contributed by atoms with Gasteiger partial charge in [0, 0.05) is 34.7 Å². The van der Waals surface area contributed by atoms with E-state index < -0.39 is 0 Å². The van der Waals surface area contributed by atoms with Gasteiger partial charge in [0.15, 0.2) is 5.82 Å². The average molecular weight is 418 g/mol. The fourth-order valence-electron chi connectivity index (χ4n) is 2.62. The van der Waals surface area contributed by atoms with Crippen LogP contribution in [0.15, 0.2) is 84.3 Å². The van der Waals surface area contributed by atoms with Crippen molar-refractivity contribution >= 4 is 29.2 Å². The van der Waals surface area contributed by atoms with Gasteiger partial charge < -0.3 is 15.4 Å². The Morgan fingerprint density at radius 2 is 1.83 bits per heavy atom. The first-order chi connectivity index (χ1) is 14.7. The van der Waals surface area contributed by atoms with E-state index in [0.29, 0.717) is 23.1 Å². The molecule has 0 bridgehead atoms. The van der Waals surface area contributed by atoms with Gasteiger partial charge >= 0.3 is 6.03 Å². The Kier molecular flexibility index (Phi) is 5.90. The molecule has 0 radical (unpaired) electrons. The number of urea groups is 1. The molecule has 0 spiro atoms. The van der Waals surface area contributed by atoms with Crippen molar-refractivity contribution in [2.45, 2.75) is 4.90 Å². The molecule has 8 nitrogen and oxygen atoms in total. The van der Waals surface area contributed by atoms with Crippen molar-refractivity contribution < 1.29 is 9.53 Å². The van der Waals surface area contributed by atoms with Gasteiger partial charge in [-0.15, -0.1) is 22.0 Å². The average Bonchev–Trinajstić information content (AvgIpc) is 3.31. The molecule has 2 heterocycles.